The smallest absolute Gasteiger partial charge is 0.147 e. The van der Waals surface area contributed by atoms with E-state index in [-0.39, 0.29) is 0 Å². The van der Waals surface area contributed by atoms with E-state index in [1.54, 1.807) is 18.2 Å². The first kappa shape index (κ1) is 11.5. The molecule has 0 spiro atoms. The van der Waals surface area contributed by atoms with E-state index in [4.69, 9.17) is 27.9 Å². The first-order valence-corrected chi connectivity index (χ1v) is 6.18. The predicted molar refractivity (Wildman–Crippen MR) is 74.8 cm³/mol. The summed E-state index contributed by atoms with van der Waals surface area (Å²) in [4.78, 5) is 3.13. The number of H-pyrrole nitrogens is 1. The van der Waals surface area contributed by atoms with E-state index in [1.165, 1.54) is 0 Å². The predicted octanol–water partition coefficient (Wildman–Crippen LogP) is 5.27. The largest absolute Gasteiger partial charge is 0.455 e. The van der Waals surface area contributed by atoms with Crippen molar-refractivity contribution in [1.82, 2.24) is 4.98 Å². The van der Waals surface area contributed by atoms with Crippen LogP contribution in [0.15, 0.2) is 48.7 Å². The van der Waals surface area contributed by atoms with Gasteiger partial charge in [0.25, 0.3) is 0 Å². The van der Waals surface area contributed by atoms with Crippen LogP contribution in [0.1, 0.15) is 0 Å². The van der Waals surface area contributed by atoms with Crippen LogP contribution in [0.5, 0.6) is 11.5 Å². The lowest BCUT2D eigenvalue weighted by molar-refractivity contribution is 0.488. The van der Waals surface area contributed by atoms with Crippen LogP contribution < -0.4 is 4.74 Å². The van der Waals surface area contributed by atoms with E-state index in [2.05, 4.69) is 4.98 Å². The highest BCUT2D eigenvalue weighted by Gasteiger charge is 2.07. The number of halogens is 2. The minimum absolute atomic E-state index is 0.534. The number of aromatic amines is 1. The molecular weight excluding hydrogens is 269 g/mol. The summed E-state index contributed by atoms with van der Waals surface area (Å²) in [7, 11) is 0. The molecule has 0 aliphatic heterocycles. The van der Waals surface area contributed by atoms with Gasteiger partial charge in [0.05, 0.1) is 5.02 Å². The lowest BCUT2D eigenvalue weighted by Crippen LogP contribution is -1.86. The number of aromatic nitrogens is 1. The Morgan fingerprint density at radius 3 is 2.72 bits per heavy atom. The third-order valence-electron chi connectivity index (χ3n) is 2.67. The molecule has 18 heavy (non-hydrogen) atoms. The van der Waals surface area contributed by atoms with Gasteiger partial charge in [-0.3, -0.25) is 0 Å². The van der Waals surface area contributed by atoms with E-state index in [1.807, 2.05) is 30.5 Å². The molecule has 0 saturated heterocycles. The molecule has 3 aromatic rings. The number of fused-ring (bicyclic) bond motifs is 1. The Bertz CT molecular complexity index is 706. The number of nitrogens with one attached hydrogen (secondary N) is 1. The second-order valence-corrected chi connectivity index (χ2v) is 4.72. The van der Waals surface area contributed by atoms with Crippen LogP contribution in [0, 0.1) is 0 Å². The van der Waals surface area contributed by atoms with E-state index >= 15 is 0 Å². The van der Waals surface area contributed by atoms with E-state index in [0.29, 0.717) is 15.8 Å². The SMILES string of the molecule is Clc1ccc(Cl)c(Oc2cccc3[nH]ccc23)c1. The zero-order valence-electron chi connectivity index (χ0n) is 9.28. The van der Waals surface area contributed by atoms with Crippen LogP contribution in [-0.4, -0.2) is 4.98 Å². The van der Waals surface area contributed by atoms with Crippen molar-refractivity contribution >= 4 is 34.1 Å². The minimum atomic E-state index is 0.534. The first-order valence-electron chi connectivity index (χ1n) is 5.43. The van der Waals surface area contributed by atoms with Gasteiger partial charge in [0.1, 0.15) is 11.5 Å². The number of hydrogen-bond donors (Lipinski definition) is 1. The number of hydrogen-bond acceptors (Lipinski definition) is 1. The van der Waals surface area contributed by atoms with E-state index in [0.717, 1.165) is 16.7 Å². The van der Waals surface area contributed by atoms with Crippen molar-refractivity contribution in [2.45, 2.75) is 0 Å². The Morgan fingerprint density at radius 2 is 1.83 bits per heavy atom. The summed E-state index contributed by atoms with van der Waals surface area (Å²) in [5.74, 6) is 1.30. The lowest BCUT2D eigenvalue weighted by Gasteiger charge is -2.08. The first-order chi connectivity index (χ1) is 8.74. The Balaban J connectivity index is 2.06. The summed E-state index contributed by atoms with van der Waals surface area (Å²) >= 11 is 12.0. The molecule has 2 nitrogen and oxygen atoms in total. The Morgan fingerprint density at radius 1 is 0.944 bits per heavy atom. The molecule has 0 atom stereocenters. The fourth-order valence-corrected chi connectivity index (χ4v) is 2.14. The maximum Gasteiger partial charge on any atom is 0.147 e. The quantitative estimate of drug-likeness (QED) is 0.678. The molecular formula is C14H9Cl2NO. The summed E-state index contributed by atoms with van der Waals surface area (Å²) in [6, 6.07) is 12.9. The minimum Gasteiger partial charge on any atom is -0.455 e. The van der Waals surface area contributed by atoms with Gasteiger partial charge in [-0.05, 0) is 30.3 Å². The summed E-state index contributed by atoms with van der Waals surface area (Å²) < 4.78 is 5.83. The Kier molecular flexibility index (Phi) is 2.90. The van der Waals surface area contributed by atoms with Gasteiger partial charge in [0, 0.05) is 28.2 Å². The second kappa shape index (κ2) is 4.56. The summed E-state index contributed by atoms with van der Waals surface area (Å²) in [5.41, 5.74) is 1.02. The van der Waals surface area contributed by atoms with Gasteiger partial charge < -0.3 is 9.72 Å². The van der Waals surface area contributed by atoms with Crippen LogP contribution in [0.2, 0.25) is 10.0 Å². The maximum atomic E-state index is 6.08. The maximum absolute atomic E-state index is 6.08. The Hall–Kier alpha value is -1.64. The highest BCUT2D eigenvalue weighted by molar-refractivity contribution is 6.34. The van der Waals surface area contributed by atoms with Crippen LogP contribution in [0.4, 0.5) is 0 Å². The standard InChI is InChI=1S/C14H9Cl2NO/c15-9-4-5-11(16)14(8-9)18-13-3-1-2-12-10(13)6-7-17-12/h1-8,17H. The Labute approximate surface area is 114 Å². The van der Waals surface area contributed by atoms with Crippen molar-refractivity contribution in [3.05, 3.63) is 58.7 Å². The summed E-state index contributed by atoms with van der Waals surface area (Å²) in [6.45, 7) is 0. The van der Waals surface area contributed by atoms with Crippen LogP contribution in [0.3, 0.4) is 0 Å². The molecule has 0 fully saturated rings. The van der Waals surface area contributed by atoms with E-state index in [9.17, 15) is 0 Å². The molecule has 1 N–H and O–H groups in total. The third-order valence-corrected chi connectivity index (χ3v) is 3.22. The molecule has 0 saturated carbocycles. The topological polar surface area (TPSA) is 25.0 Å². The van der Waals surface area contributed by atoms with Crippen LogP contribution in [0.25, 0.3) is 10.9 Å². The average Bonchev–Trinajstić information content (AvgIpc) is 2.83. The van der Waals surface area contributed by atoms with Crippen molar-refractivity contribution in [1.29, 1.82) is 0 Å². The molecule has 2 aromatic carbocycles. The monoisotopic (exact) mass is 277 g/mol. The molecule has 0 amide bonds. The molecule has 0 aliphatic rings. The van der Waals surface area contributed by atoms with Crippen molar-refractivity contribution in [3.8, 4) is 11.5 Å². The summed E-state index contributed by atoms with van der Waals surface area (Å²) in [6.07, 6.45) is 1.87. The molecule has 0 aliphatic carbocycles. The zero-order valence-corrected chi connectivity index (χ0v) is 10.8. The van der Waals surface area contributed by atoms with Gasteiger partial charge in [0.2, 0.25) is 0 Å². The molecule has 0 unspecified atom stereocenters. The molecule has 90 valence electrons. The van der Waals surface area contributed by atoms with Crippen molar-refractivity contribution in [2.24, 2.45) is 0 Å². The second-order valence-electron chi connectivity index (χ2n) is 3.87. The van der Waals surface area contributed by atoms with Crippen LogP contribution >= 0.6 is 23.2 Å². The van der Waals surface area contributed by atoms with Crippen molar-refractivity contribution in [3.63, 3.8) is 0 Å². The average molecular weight is 278 g/mol. The number of benzene rings is 2. The normalized spacial score (nSPS) is 10.8. The molecule has 4 heteroatoms. The third kappa shape index (κ3) is 2.05. The highest BCUT2D eigenvalue weighted by Crippen LogP contribution is 2.34. The van der Waals surface area contributed by atoms with E-state index < -0.39 is 0 Å². The fourth-order valence-electron chi connectivity index (χ4n) is 1.82. The lowest BCUT2D eigenvalue weighted by atomic mass is 10.2. The molecule has 0 bridgehead atoms. The van der Waals surface area contributed by atoms with Gasteiger partial charge in [-0.15, -0.1) is 0 Å². The van der Waals surface area contributed by atoms with Crippen LogP contribution in [-0.2, 0) is 0 Å². The number of ether oxygens (including phenoxy) is 1. The van der Waals surface area contributed by atoms with Crippen molar-refractivity contribution in [2.75, 3.05) is 0 Å². The summed E-state index contributed by atoms with van der Waals surface area (Å²) in [5, 5.41) is 2.14. The fraction of sp³-hybridized carbons (Fsp3) is 0. The van der Waals surface area contributed by atoms with Gasteiger partial charge >= 0.3 is 0 Å². The molecule has 1 aromatic heterocycles. The highest BCUT2D eigenvalue weighted by atomic mass is 35.5. The molecule has 0 radical (unpaired) electrons. The molecule has 3 rings (SSSR count). The van der Waals surface area contributed by atoms with Gasteiger partial charge in [-0.1, -0.05) is 29.3 Å². The van der Waals surface area contributed by atoms with Gasteiger partial charge in [-0.2, -0.15) is 0 Å². The van der Waals surface area contributed by atoms with Gasteiger partial charge in [-0.25, -0.2) is 0 Å². The molecule has 1 heterocycles. The number of rotatable bonds is 2. The van der Waals surface area contributed by atoms with Crippen molar-refractivity contribution < 1.29 is 4.74 Å². The zero-order chi connectivity index (χ0) is 12.5. The van der Waals surface area contributed by atoms with Gasteiger partial charge in [0.15, 0.2) is 0 Å².